The zero-order valence-corrected chi connectivity index (χ0v) is 14.7. The Labute approximate surface area is 150 Å². The maximum absolute atomic E-state index is 13.3. The predicted molar refractivity (Wildman–Crippen MR) is 96.3 cm³/mol. The molecule has 1 aliphatic carbocycles. The Morgan fingerprint density at radius 3 is 2.85 bits per heavy atom. The molecule has 2 heterocycles. The third kappa shape index (κ3) is 3.72. The average molecular weight is 359 g/mol. The van der Waals surface area contributed by atoms with Crippen LogP contribution in [0.2, 0.25) is 0 Å². The van der Waals surface area contributed by atoms with E-state index in [-0.39, 0.29) is 17.4 Å². The van der Waals surface area contributed by atoms with Gasteiger partial charge < -0.3 is 21.4 Å². The first-order valence-corrected chi connectivity index (χ1v) is 8.36. The Bertz CT molecular complexity index is 832. The van der Waals surface area contributed by atoms with E-state index >= 15 is 0 Å². The number of hydrogen-bond acceptors (Lipinski definition) is 6. The number of nitrogens with one attached hydrogen (secondary N) is 2. The van der Waals surface area contributed by atoms with Gasteiger partial charge in [0.25, 0.3) is 5.91 Å². The number of halogens is 1. The molecule has 26 heavy (non-hydrogen) atoms. The van der Waals surface area contributed by atoms with Crippen molar-refractivity contribution in [1.82, 2.24) is 19.7 Å². The zero-order valence-electron chi connectivity index (χ0n) is 14.7. The quantitative estimate of drug-likeness (QED) is 0.706. The highest BCUT2D eigenvalue weighted by Crippen LogP contribution is 2.29. The molecule has 138 valence electrons. The second-order valence-electron chi connectivity index (χ2n) is 6.67. The molecule has 0 aliphatic heterocycles. The minimum Gasteiger partial charge on any atom is -0.365 e. The third-order valence-corrected chi connectivity index (χ3v) is 4.67. The van der Waals surface area contributed by atoms with Crippen molar-refractivity contribution in [2.45, 2.75) is 31.3 Å². The van der Waals surface area contributed by atoms with Crippen LogP contribution in [0.3, 0.4) is 0 Å². The largest absolute Gasteiger partial charge is 0.365 e. The number of pyridine rings is 1. The fourth-order valence-corrected chi connectivity index (χ4v) is 3.19. The third-order valence-electron chi connectivity index (χ3n) is 4.67. The summed E-state index contributed by atoms with van der Waals surface area (Å²) in [5, 5.41) is 15.7. The number of nitrogens with zero attached hydrogens (tertiary/aromatic N) is 4. The van der Waals surface area contributed by atoms with E-state index in [9.17, 15) is 9.18 Å². The number of amides is 1. The first-order chi connectivity index (χ1) is 12.3. The molecule has 3 rings (SSSR count). The molecular formula is C17H22FN7O. The van der Waals surface area contributed by atoms with Crippen molar-refractivity contribution in [3.8, 4) is 0 Å². The first kappa shape index (κ1) is 18.0. The molecule has 0 radical (unpaired) electrons. The van der Waals surface area contributed by atoms with Crippen LogP contribution in [-0.4, -0.2) is 51.4 Å². The van der Waals surface area contributed by atoms with Gasteiger partial charge in [-0.25, -0.2) is 4.98 Å². The van der Waals surface area contributed by atoms with E-state index in [2.05, 4.69) is 20.3 Å². The minimum atomic E-state index is -0.640. The lowest BCUT2D eigenvalue weighted by Crippen LogP contribution is -2.38. The molecule has 2 aromatic heterocycles. The highest BCUT2D eigenvalue weighted by Gasteiger charge is 2.30. The van der Waals surface area contributed by atoms with Crippen molar-refractivity contribution in [2.24, 2.45) is 5.73 Å². The molecule has 0 unspecified atom stereocenters. The van der Waals surface area contributed by atoms with Crippen molar-refractivity contribution < 1.29 is 9.18 Å². The maximum Gasteiger partial charge on any atom is 0.254 e. The molecule has 1 saturated carbocycles. The van der Waals surface area contributed by atoms with Crippen LogP contribution in [0.1, 0.15) is 35.7 Å². The Kier molecular flexibility index (Phi) is 4.99. The molecule has 4 N–H and O–H groups in total. The lowest BCUT2D eigenvalue weighted by molar-refractivity contribution is 0.100. The number of carbonyl (C=O) groups excluding carboxylic acids is 1. The zero-order chi connectivity index (χ0) is 18.8. The van der Waals surface area contributed by atoms with E-state index in [1.807, 2.05) is 14.1 Å². The second-order valence-corrected chi connectivity index (χ2v) is 6.67. The molecule has 1 aliphatic rings. The van der Waals surface area contributed by atoms with Crippen LogP contribution in [0.15, 0.2) is 24.5 Å². The van der Waals surface area contributed by atoms with E-state index in [0.29, 0.717) is 23.9 Å². The molecule has 1 amide bonds. The van der Waals surface area contributed by atoms with Crippen molar-refractivity contribution in [3.05, 3.63) is 36.0 Å². The monoisotopic (exact) mass is 359 g/mol. The standard InChI is InChI=1S/C17H22FN7O/c1-24(2)11-3-4-14(13(19)8-11)25-9-12(16(20)26)17(23-25)22-10-5-6-21-15(18)7-10/h5-7,9,11,14,19H,3-4,8H2,1-2H3,(H2,20,26)(H,21,22,23)/t11-,14-/m0/s1. The van der Waals surface area contributed by atoms with Gasteiger partial charge in [-0.15, -0.1) is 0 Å². The van der Waals surface area contributed by atoms with Crippen LogP contribution in [0.5, 0.6) is 0 Å². The van der Waals surface area contributed by atoms with E-state index in [4.69, 9.17) is 11.1 Å². The molecule has 2 atom stereocenters. The van der Waals surface area contributed by atoms with Crippen LogP contribution in [-0.2, 0) is 0 Å². The van der Waals surface area contributed by atoms with Crippen molar-refractivity contribution in [3.63, 3.8) is 0 Å². The number of carbonyl (C=O) groups is 1. The van der Waals surface area contributed by atoms with E-state index < -0.39 is 11.9 Å². The maximum atomic E-state index is 13.3. The number of hydrogen-bond donors (Lipinski definition) is 3. The van der Waals surface area contributed by atoms with Crippen molar-refractivity contribution in [2.75, 3.05) is 19.4 Å². The van der Waals surface area contributed by atoms with Crippen LogP contribution in [0, 0.1) is 11.4 Å². The Morgan fingerprint density at radius 2 is 2.23 bits per heavy atom. The smallest absolute Gasteiger partial charge is 0.254 e. The topological polar surface area (TPSA) is 113 Å². The highest BCUT2D eigenvalue weighted by molar-refractivity contribution is 5.98. The van der Waals surface area contributed by atoms with Gasteiger partial charge >= 0.3 is 0 Å². The van der Waals surface area contributed by atoms with Gasteiger partial charge in [-0.1, -0.05) is 0 Å². The van der Waals surface area contributed by atoms with Gasteiger partial charge in [-0.05, 0) is 33.0 Å². The summed E-state index contributed by atoms with van der Waals surface area (Å²) >= 11 is 0. The van der Waals surface area contributed by atoms with Gasteiger partial charge in [-0.2, -0.15) is 9.49 Å². The molecular weight excluding hydrogens is 337 g/mol. The minimum absolute atomic E-state index is 0.199. The number of anilines is 2. The summed E-state index contributed by atoms with van der Waals surface area (Å²) in [4.78, 5) is 17.4. The molecule has 2 aromatic rings. The number of primary amides is 1. The summed E-state index contributed by atoms with van der Waals surface area (Å²) in [7, 11) is 4.01. The molecule has 0 saturated heterocycles. The van der Waals surface area contributed by atoms with Crippen molar-refractivity contribution in [1.29, 1.82) is 5.41 Å². The molecule has 0 spiro atoms. The number of aromatic nitrogens is 3. The van der Waals surface area contributed by atoms with E-state index in [0.717, 1.165) is 12.8 Å². The summed E-state index contributed by atoms with van der Waals surface area (Å²) in [6.07, 6.45) is 5.21. The molecule has 0 bridgehead atoms. The predicted octanol–water partition coefficient (Wildman–Crippen LogP) is 1.93. The van der Waals surface area contributed by atoms with E-state index in [1.54, 1.807) is 16.9 Å². The van der Waals surface area contributed by atoms with Gasteiger partial charge in [0.05, 0.1) is 6.04 Å². The second kappa shape index (κ2) is 7.20. The fraction of sp³-hybridized carbons (Fsp3) is 0.412. The summed E-state index contributed by atoms with van der Waals surface area (Å²) in [5.41, 5.74) is 6.64. The molecule has 9 heteroatoms. The SMILES string of the molecule is CN(C)[C@H]1CC[C@H](n2cc(C(N)=O)c(Nc3ccnc(F)c3)n2)C(=N)C1. The Hall–Kier alpha value is -2.81. The van der Waals surface area contributed by atoms with Gasteiger partial charge in [-0.3, -0.25) is 9.48 Å². The average Bonchev–Trinajstić information content (AvgIpc) is 2.98. The molecule has 1 fully saturated rings. The van der Waals surface area contributed by atoms with Crippen LogP contribution >= 0.6 is 0 Å². The highest BCUT2D eigenvalue weighted by atomic mass is 19.1. The lowest BCUT2D eigenvalue weighted by Gasteiger charge is -2.33. The molecule has 8 nitrogen and oxygen atoms in total. The summed E-state index contributed by atoms with van der Waals surface area (Å²) in [6, 6.07) is 2.89. The number of nitrogens with two attached hydrogens (primary N) is 1. The van der Waals surface area contributed by atoms with Gasteiger partial charge in [0, 0.05) is 42.3 Å². The fourth-order valence-electron chi connectivity index (χ4n) is 3.19. The summed E-state index contributed by atoms with van der Waals surface area (Å²) in [6.45, 7) is 0. The Morgan fingerprint density at radius 1 is 1.46 bits per heavy atom. The van der Waals surface area contributed by atoms with Crippen LogP contribution in [0.25, 0.3) is 0 Å². The van der Waals surface area contributed by atoms with Crippen LogP contribution < -0.4 is 11.1 Å². The Balaban J connectivity index is 1.86. The van der Waals surface area contributed by atoms with Gasteiger partial charge in [0.15, 0.2) is 5.82 Å². The van der Waals surface area contributed by atoms with E-state index in [1.165, 1.54) is 12.3 Å². The summed E-state index contributed by atoms with van der Waals surface area (Å²) < 4.78 is 14.9. The number of rotatable bonds is 5. The van der Waals surface area contributed by atoms with Gasteiger partial charge in [0.2, 0.25) is 5.95 Å². The lowest BCUT2D eigenvalue weighted by atomic mass is 9.89. The molecule has 0 aromatic carbocycles. The van der Waals surface area contributed by atoms with Gasteiger partial charge in [0.1, 0.15) is 5.56 Å². The first-order valence-electron chi connectivity index (χ1n) is 8.36. The van der Waals surface area contributed by atoms with Crippen LogP contribution in [0.4, 0.5) is 15.9 Å². The summed E-state index contributed by atoms with van der Waals surface area (Å²) in [5.74, 6) is -1.04. The van der Waals surface area contributed by atoms with Crippen molar-refractivity contribution >= 4 is 23.1 Å². The normalized spacial score (nSPS) is 20.4.